The van der Waals surface area contributed by atoms with Crippen molar-refractivity contribution >= 4 is 37.9 Å². The maximum Gasteiger partial charge on any atom is 0.143 e. The summed E-state index contributed by atoms with van der Waals surface area (Å²) in [6, 6.07) is 23.1. The van der Waals surface area contributed by atoms with Gasteiger partial charge in [0, 0.05) is 21.7 Å². The monoisotopic (exact) mass is 336 g/mol. The van der Waals surface area contributed by atoms with Gasteiger partial charge < -0.3 is 4.42 Å². The Morgan fingerprint density at radius 3 is 2.33 bits per heavy atom. The van der Waals surface area contributed by atoms with E-state index in [0.717, 1.165) is 22.1 Å². The number of hydrogen-bond acceptors (Lipinski definition) is 1. The van der Waals surface area contributed by atoms with E-state index in [4.69, 9.17) is 4.42 Å². The number of rotatable bonds is 2. The highest BCUT2D eigenvalue weighted by atomic mass is 79.9. The number of fused-ring (bicyclic) bond motifs is 3. The van der Waals surface area contributed by atoms with Crippen molar-refractivity contribution in [1.82, 2.24) is 0 Å². The molecule has 0 unspecified atom stereocenters. The molecular formula is C19H13BrO. The van der Waals surface area contributed by atoms with Crippen molar-refractivity contribution in [1.29, 1.82) is 0 Å². The Hall–Kier alpha value is -2.06. The van der Waals surface area contributed by atoms with E-state index in [0.29, 0.717) is 0 Å². The van der Waals surface area contributed by atoms with E-state index >= 15 is 0 Å². The van der Waals surface area contributed by atoms with Crippen molar-refractivity contribution < 1.29 is 4.42 Å². The summed E-state index contributed by atoms with van der Waals surface area (Å²) in [6.07, 6.45) is 0. The number of halogens is 1. The zero-order valence-electron chi connectivity index (χ0n) is 11.3. The Balaban J connectivity index is 1.99. The first-order valence-corrected chi connectivity index (χ1v) is 8.04. The van der Waals surface area contributed by atoms with Crippen LogP contribution in [-0.2, 0) is 5.33 Å². The van der Waals surface area contributed by atoms with E-state index in [1.54, 1.807) is 0 Å². The molecule has 1 aromatic heterocycles. The maximum atomic E-state index is 6.09. The molecule has 0 aliphatic carbocycles. The second-order valence-corrected chi connectivity index (χ2v) is 5.67. The van der Waals surface area contributed by atoms with Crippen LogP contribution in [0.15, 0.2) is 71.1 Å². The van der Waals surface area contributed by atoms with Crippen LogP contribution in [0.1, 0.15) is 5.56 Å². The minimum atomic E-state index is 0.877. The summed E-state index contributed by atoms with van der Waals surface area (Å²) in [6.45, 7) is 0. The molecular weight excluding hydrogens is 324 g/mol. The van der Waals surface area contributed by atoms with E-state index < -0.39 is 0 Å². The molecule has 0 bridgehead atoms. The summed E-state index contributed by atoms with van der Waals surface area (Å²) >= 11 is 3.48. The lowest BCUT2D eigenvalue weighted by Gasteiger charge is -2.03. The summed E-state index contributed by atoms with van der Waals surface area (Å²) in [5.74, 6) is 0. The van der Waals surface area contributed by atoms with Crippen LogP contribution in [-0.4, -0.2) is 0 Å². The van der Waals surface area contributed by atoms with Crippen LogP contribution in [0.25, 0.3) is 33.1 Å². The fourth-order valence-corrected chi connectivity index (χ4v) is 3.12. The van der Waals surface area contributed by atoms with E-state index in [-0.39, 0.29) is 0 Å². The van der Waals surface area contributed by atoms with Gasteiger partial charge in [0.2, 0.25) is 0 Å². The van der Waals surface area contributed by atoms with Gasteiger partial charge in [0.1, 0.15) is 11.2 Å². The molecule has 1 heterocycles. The molecule has 4 aromatic rings. The number of alkyl halides is 1. The largest absolute Gasteiger partial charge is 0.455 e. The average Bonchev–Trinajstić information content (AvgIpc) is 2.94. The van der Waals surface area contributed by atoms with Gasteiger partial charge >= 0.3 is 0 Å². The highest BCUT2D eigenvalue weighted by Gasteiger charge is 2.11. The van der Waals surface area contributed by atoms with Crippen molar-refractivity contribution in [3.05, 3.63) is 72.3 Å². The summed E-state index contributed by atoms with van der Waals surface area (Å²) < 4.78 is 6.09. The fraction of sp³-hybridized carbons (Fsp3) is 0.0526. The second kappa shape index (κ2) is 5.05. The maximum absolute atomic E-state index is 6.09. The quantitative estimate of drug-likeness (QED) is 0.400. The Morgan fingerprint density at radius 2 is 1.52 bits per heavy atom. The third kappa shape index (κ3) is 2.07. The molecule has 0 radical (unpaired) electrons. The minimum Gasteiger partial charge on any atom is -0.455 e. The molecule has 0 saturated carbocycles. The molecule has 0 aliphatic rings. The van der Waals surface area contributed by atoms with Crippen molar-refractivity contribution in [3.63, 3.8) is 0 Å². The SMILES string of the molecule is BrCc1ccc(-c2cccc3c2oc2ccccc23)cc1. The average molecular weight is 337 g/mol. The van der Waals surface area contributed by atoms with Crippen LogP contribution in [0, 0.1) is 0 Å². The second-order valence-electron chi connectivity index (χ2n) is 5.11. The number of furan rings is 1. The van der Waals surface area contributed by atoms with E-state index in [1.165, 1.54) is 21.9 Å². The Labute approximate surface area is 131 Å². The van der Waals surface area contributed by atoms with Crippen LogP contribution in [0.2, 0.25) is 0 Å². The molecule has 1 nitrogen and oxygen atoms in total. The van der Waals surface area contributed by atoms with Gasteiger partial charge in [-0.25, -0.2) is 0 Å². The number of benzene rings is 3. The van der Waals surface area contributed by atoms with Crippen molar-refractivity contribution in [2.75, 3.05) is 0 Å². The molecule has 0 saturated heterocycles. The zero-order valence-corrected chi connectivity index (χ0v) is 12.9. The first-order valence-electron chi connectivity index (χ1n) is 6.92. The van der Waals surface area contributed by atoms with Crippen LogP contribution >= 0.6 is 15.9 Å². The normalized spacial score (nSPS) is 11.3. The van der Waals surface area contributed by atoms with E-state index in [2.05, 4.69) is 70.5 Å². The minimum absolute atomic E-state index is 0.877. The molecule has 21 heavy (non-hydrogen) atoms. The number of hydrogen-bond donors (Lipinski definition) is 0. The highest BCUT2D eigenvalue weighted by molar-refractivity contribution is 9.08. The van der Waals surface area contributed by atoms with Crippen LogP contribution in [0.4, 0.5) is 0 Å². The van der Waals surface area contributed by atoms with Crippen molar-refractivity contribution in [2.45, 2.75) is 5.33 Å². The highest BCUT2D eigenvalue weighted by Crippen LogP contribution is 2.35. The lowest BCUT2D eigenvalue weighted by molar-refractivity contribution is 0.670. The van der Waals surface area contributed by atoms with Crippen LogP contribution in [0.3, 0.4) is 0 Å². The first-order chi connectivity index (χ1) is 10.4. The molecule has 0 N–H and O–H groups in total. The smallest absolute Gasteiger partial charge is 0.143 e. The van der Waals surface area contributed by atoms with Crippen LogP contribution < -0.4 is 0 Å². The summed E-state index contributed by atoms with van der Waals surface area (Å²) in [7, 11) is 0. The summed E-state index contributed by atoms with van der Waals surface area (Å²) in [5.41, 5.74) is 5.51. The predicted molar refractivity (Wildman–Crippen MR) is 91.8 cm³/mol. The third-order valence-corrected chi connectivity index (χ3v) is 4.47. The van der Waals surface area contributed by atoms with Crippen molar-refractivity contribution in [2.24, 2.45) is 0 Å². The lowest BCUT2D eigenvalue weighted by atomic mass is 10.0. The first kappa shape index (κ1) is 12.7. The van der Waals surface area contributed by atoms with Gasteiger partial charge in [-0.1, -0.05) is 76.6 Å². The van der Waals surface area contributed by atoms with E-state index in [1.807, 2.05) is 12.1 Å². The lowest BCUT2D eigenvalue weighted by Crippen LogP contribution is -1.81. The molecule has 0 fully saturated rings. The topological polar surface area (TPSA) is 13.1 Å². The molecule has 0 amide bonds. The summed E-state index contributed by atoms with van der Waals surface area (Å²) in [5, 5.41) is 3.22. The Kier molecular flexibility index (Phi) is 3.04. The fourth-order valence-electron chi connectivity index (χ4n) is 2.75. The molecule has 0 aliphatic heterocycles. The molecule has 4 rings (SSSR count). The third-order valence-electron chi connectivity index (χ3n) is 3.82. The molecule has 3 aromatic carbocycles. The van der Waals surface area contributed by atoms with Crippen LogP contribution in [0.5, 0.6) is 0 Å². The number of para-hydroxylation sites is 2. The van der Waals surface area contributed by atoms with Gasteiger partial charge in [0.05, 0.1) is 0 Å². The van der Waals surface area contributed by atoms with Gasteiger partial charge in [-0.15, -0.1) is 0 Å². The molecule has 2 heteroatoms. The van der Waals surface area contributed by atoms with Gasteiger partial charge in [0.15, 0.2) is 0 Å². The van der Waals surface area contributed by atoms with Crippen molar-refractivity contribution in [3.8, 4) is 11.1 Å². The molecule has 102 valence electrons. The standard InChI is InChI=1S/C19H13BrO/c20-12-13-8-10-14(11-9-13)15-5-3-6-17-16-4-1-2-7-18(16)21-19(15)17/h1-11H,12H2. The summed E-state index contributed by atoms with van der Waals surface area (Å²) in [4.78, 5) is 0. The Bertz CT molecular complexity index is 919. The molecule has 0 spiro atoms. The molecule has 0 atom stereocenters. The van der Waals surface area contributed by atoms with E-state index in [9.17, 15) is 0 Å². The predicted octanol–water partition coefficient (Wildman–Crippen LogP) is 6.15. The zero-order chi connectivity index (χ0) is 14.2. The van der Waals surface area contributed by atoms with Gasteiger partial charge in [-0.05, 0) is 17.2 Å². The van der Waals surface area contributed by atoms with Gasteiger partial charge in [0.25, 0.3) is 0 Å². The van der Waals surface area contributed by atoms with Gasteiger partial charge in [-0.3, -0.25) is 0 Å². The Morgan fingerprint density at radius 1 is 0.762 bits per heavy atom. The van der Waals surface area contributed by atoms with Gasteiger partial charge in [-0.2, -0.15) is 0 Å².